The van der Waals surface area contributed by atoms with E-state index < -0.39 is 0 Å². The van der Waals surface area contributed by atoms with Crippen molar-refractivity contribution in [1.82, 2.24) is 20.4 Å². The number of hydrogen-bond donors (Lipinski definition) is 2. The van der Waals surface area contributed by atoms with Gasteiger partial charge in [0, 0.05) is 31.2 Å². The molecule has 1 unspecified atom stereocenters. The van der Waals surface area contributed by atoms with E-state index in [4.69, 9.17) is 0 Å². The highest BCUT2D eigenvalue weighted by molar-refractivity contribution is 5.92. The number of H-pyrrole nitrogens is 1. The number of piperazine rings is 1. The summed E-state index contributed by atoms with van der Waals surface area (Å²) in [6, 6.07) is 10.6. The van der Waals surface area contributed by atoms with Crippen molar-refractivity contribution in [2.75, 3.05) is 19.6 Å². The maximum absolute atomic E-state index is 13.0. The van der Waals surface area contributed by atoms with Crippen molar-refractivity contribution in [3.05, 3.63) is 52.8 Å². The highest BCUT2D eigenvalue weighted by Gasteiger charge is 2.31. The van der Waals surface area contributed by atoms with E-state index in [0.29, 0.717) is 18.2 Å². The lowest BCUT2D eigenvalue weighted by atomic mass is 10.0. The summed E-state index contributed by atoms with van der Waals surface area (Å²) in [5.74, 6) is 0.615. The predicted molar refractivity (Wildman–Crippen MR) is 93.0 cm³/mol. The third-order valence-corrected chi connectivity index (χ3v) is 5.11. The summed E-state index contributed by atoms with van der Waals surface area (Å²) in [6.45, 7) is 4.49. The maximum Gasteiger partial charge on any atom is 0.274 e. The first-order valence-corrected chi connectivity index (χ1v) is 8.92. The summed E-state index contributed by atoms with van der Waals surface area (Å²) in [5, 5.41) is 10.7. The van der Waals surface area contributed by atoms with Gasteiger partial charge in [-0.2, -0.15) is 5.10 Å². The number of amides is 1. The van der Waals surface area contributed by atoms with E-state index in [-0.39, 0.29) is 11.9 Å². The van der Waals surface area contributed by atoms with Crippen LogP contribution in [0.5, 0.6) is 0 Å². The van der Waals surface area contributed by atoms with Crippen LogP contribution in [0, 0.1) is 0 Å². The van der Waals surface area contributed by atoms with Crippen LogP contribution in [0.4, 0.5) is 0 Å². The highest BCUT2D eigenvalue weighted by atomic mass is 16.2. The molecular formula is C19H24N4O. The fourth-order valence-corrected chi connectivity index (χ4v) is 3.42. The van der Waals surface area contributed by atoms with Crippen molar-refractivity contribution in [1.29, 1.82) is 0 Å². The smallest absolute Gasteiger partial charge is 0.274 e. The summed E-state index contributed by atoms with van der Waals surface area (Å²) in [5.41, 5.74) is 4.17. The summed E-state index contributed by atoms with van der Waals surface area (Å²) in [6.07, 6.45) is 3.44. The van der Waals surface area contributed by atoms with Crippen LogP contribution in [0.15, 0.2) is 30.3 Å². The molecule has 4 rings (SSSR count). The molecule has 1 aromatic carbocycles. The first-order valence-electron chi connectivity index (χ1n) is 8.92. The third kappa shape index (κ3) is 2.96. The number of nitrogens with one attached hydrogen (secondary N) is 2. The molecule has 5 heteroatoms. The van der Waals surface area contributed by atoms with Crippen LogP contribution in [0.1, 0.15) is 59.0 Å². The fourth-order valence-electron chi connectivity index (χ4n) is 3.42. The highest BCUT2D eigenvalue weighted by Crippen LogP contribution is 2.39. The molecule has 2 heterocycles. The van der Waals surface area contributed by atoms with Gasteiger partial charge in [0.1, 0.15) is 5.69 Å². The summed E-state index contributed by atoms with van der Waals surface area (Å²) >= 11 is 0. The van der Waals surface area contributed by atoms with Crippen molar-refractivity contribution in [3.8, 4) is 0 Å². The Morgan fingerprint density at radius 2 is 2.08 bits per heavy atom. The van der Waals surface area contributed by atoms with Gasteiger partial charge in [0.05, 0.1) is 6.04 Å². The monoisotopic (exact) mass is 324 g/mol. The van der Waals surface area contributed by atoms with E-state index in [1.807, 2.05) is 11.0 Å². The van der Waals surface area contributed by atoms with Crippen LogP contribution in [-0.2, 0) is 6.42 Å². The van der Waals surface area contributed by atoms with Crippen molar-refractivity contribution in [3.63, 3.8) is 0 Å². The van der Waals surface area contributed by atoms with E-state index in [1.54, 1.807) is 0 Å². The minimum Gasteiger partial charge on any atom is -0.328 e. The fraction of sp³-hybridized carbons (Fsp3) is 0.474. The first-order chi connectivity index (χ1) is 11.8. The molecule has 1 saturated carbocycles. The molecular weight excluding hydrogens is 300 g/mol. The molecule has 1 aliphatic carbocycles. The Morgan fingerprint density at radius 3 is 2.79 bits per heavy atom. The van der Waals surface area contributed by atoms with E-state index in [2.05, 4.69) is 46.7 Å². The molecule has 2 fully saturated rings. The molecule has 126 valence electrons. The van der Waals surface area contributed by atoms with Crippen molar-refractivity contribution in [2.24, 2.45) is 0 Å². The molecule has 1 amide bonds. The van der Waals surface area contributed by atoms with Gasteiger partial charge in [-0.05, 0) is 36.5 Å². The average Bonchev–Trinajstić information content (AvgIpc) is 3.38. The average molecular weight is 324 g/mol. The largest absolute Gasteiger partial charge is 0.328 e. The molecule has 0 radical (unpaired) electrons. The standard InChI is InChI=1S/C19H24N4O/c1-2-13-3-5-15(6-4-13)18-12-20-9-10-23(18)19(24)17-11-16(21-22-17)14-7-8-14/h3-6,11,14,18,20H,2,7-10,12H2,1H3,(H,21,22). The lowest BCUT2D eigenvalue weighted by molar-refractivity contribution is 0.0628. The zero-order valence-electron chi connectivity index (χ0n) is 14.1. The van der Waals surface area contributed by atoms with E-state index in [9.17, 15) is 4.79 Å². The van der Waals surface area contributed by atoms with Crippen LogP contribution in [-0.4, -0.2) is 40.6 Å². The van der Waals surface area contributed by atoms with Gasteiger partial charge in [0.15, 0.2) is 0 Å². The van der Waals surface area contributed by atoms with Gasteiger partial charge < -0.3 is 10.2 Å². The van der Waals surface area contributed by atoms with Crippen molar-refractivity contribution < 1.29 is 4.79 Å². The summed E-state index contributed by atoms with van der Waals surface area (Å²) < 4.78 is 0. The number of aromatic amines is 1. The molecule has 2 aliphatic rings. The van der Waals surface area contributed by atoms with Gasteiger partial charge >= 0.3 is 0 Å². The molecule has 1 saturated heterocycles. The Morgan fingerprint density at radius 1 is 1.29 bits per heavy atom. The zero-order valence-corrected chi connectivity index (χ0v) is 14.1. The van der Waals surface area contributed by atoms with Crippen LogP contribution in [0.25, 0.3) is 0 Å². The quantitative estimate of drug-likeness (QED) is 0.909. The lowest BCUT2D eigenvalue weighted by Gasteiger charge is -2.36. The Bertz CT molecular complexity index is 717. The molecule has 2 aromatic rings. The van der Waals surface area contributed by atoms with Gasteiger partial charge in [-0.3, -0.25) is 9.89 Å². The van der Waals surface area contributed by atoms with Crippen LogP contribution in [0.3, 0.4) is 0 Å². The molecule has 1 aromatic heterocycles. The van der Waals surface area contributed by atoms with Gasteiger partial charge in [0.25, 0.3) is 5.91 Å². The Hall–Kier alpha value is -2.14. The number of rotatable bonds is 4. The summed E-state index contributed by atoms with van der Waals surface area (Å²) in [7, 11) is 0. The van der Waals surface area contributed by atoms with Crippen LogP contribution >= 0.6 is 0 Å². The molecule has 0 spiro atoms. The molecule has 1 aliphatic heterocycles. The number of aryl methyl sites for hydroxylation is 1. The summed E-state index contributed by atoms with van der Waals surface area (Å²) in [4.78, 5) is 14.9. The first kappa shape index (κ1) is 15.4. The third-order valence-electron chi connectivity index (χ3n) is 5.11. The van der Waals surface area contributed by atoms with E-state index in [1.165, 1.54) is 24.0 Å². The van der Waals surface area contributed by atoms with Crippen molar-refractivity contribution >= 4 is 5.91 Å². The maximum atomic E-state index is 13.0. The SMILES string of the molecule is CCc1ccc(C2CNCCN2C(=O)c2cc(C3CC3)[nH]n2)cc1. The predicted octanol–water partition coefficient (Wildman–Crippen LogP) is 2.64. The number of benzene rings is 1. The topological polar surface area (TPSA) is 61.0 Å². The molecule has 1 atom stereocenters. The second-order valence-electron chi connectivity index (χ2n) is 6.80. The Kier molecular flexibility index (Phi) is 4.10. The van der Waals surface area contributed by atoms with E-state index in [0.717, 1.165) is 25.2 Å². The molecule has 5 nitrogen and oxygen atoms in total. The number of hydrogen-bond acceptors (Lipinski definition) is 3. The second kappa shape index (κ2) is 6.40. The Labute approximate surface area is 142 Å². The van der Waals surface area contributed by atoms with Gasteiger partial charge in [-0.25, -0.2) is 0 Å². The second-order valence-corrected chi connectivity index (χ2v) is 6.80. The van der Waals surface area contributed by atoms with Crippen LogP contribution in [0.2, 0.25) is 0 Å². The Balaban J connectivity index is 1.56. The number of aromatic nitrogens is 2. The minimum atomic E-state index is 0.0317. The molecule has 2 N–H and O–H groups in total. The van der Waals surface area contributed by atoms with Gasteiger partial charge in [-0.15, -0.1) is 0 Å². The zero-order chi connectivity index (χ0) is 16.5. The number of nitrogens with zero attached hydrogens (tertiary/aromatic N) is 2. The number of carbonyl (C=O) groups is 1. The van der Waals surface area contributed by atoms with Gasteiger partial charge in [0.2, 0.25) is 0 Å². The normalized spacial score (nSPS) is 21.0. The molecule has 0 bridgehead atoms. The number of carbonyl (C=O) groups excluding carboxylic acids is 1. The van der Waals surface area contributed by atoms with Crippen molar-refractivity contribution in [2.45, 2.75) is 38.1 Å². The van der Waals surface area contributed by atoms with Crippen LogP contribution < -0.4 is 5.32 Å². The minimum absolute atomic E-state index is 0.0317. The van der Waals surface area contributed by atoms with E-state index >= 15 is 0 Å². The lowest BCUT2D eigenvalue weighted by Crippen LogP contribution is -2.48. The van der Waals surface area contributed by atoms with Gasteiger partial charge in [-0.1, -0.05) is 31.2 Å². The molecule has 24 heavy (non-hydrogen) atoms.